The van der Waals surface area contributed by atoms with Crippen molar-refractivity contribution in [3.8, 4) is 0 Å². The van der Waals surface area contributed by atoms with Gasteiger partial charge in [-0.1, -0.05) is 18.2 Å². The van der Waals surface area contributed by atoms with Crippen molar-refractivity contribution in [1.29, 1.82) is 0 Å². The second-order valence-electron chi connectivity index (χ2n) is 6.56. The second-order valence-corrected chi connectivity index (χ2v) is 6.56. The van der Waals surface area contributed by atoms with Gasteiger partial charge in [0.05, 0.1) is 0 Å². The van der Waals surface area contributed by atoms with Crippen molar-refractivity contribution in [1.82, 2.24) is 4.98 Å². The van der Waals surface area contributed by atoms with Crippen LogP contribution in [0.1, 0.15) is 27.2 Å². The minimum Gasteiger partial charge on any atom is -0.385 e. The molecule has 1 aromatic heterocycles. The molecule has 1 amide bonds. The highest BCUT2D eigenvalue weighted by molar-refractivity contribution is 6.03. The first-order valence-electron chi connectivity index (χ1n) is 8.83. The number of carbonyl (C=O) groups excluding carboxylic acids is 1. The Morgan fingerprint density at radius 1 is 0.963 bits per heavy atom. The quantitative estimate of drug-likeness (QED) is 0.665. The van der Waals surface area contributed by atoms with Crippen molar-refractivity contribution in [3.63, 3.8) is 0 Å². The van der Waals surface area contributed by atoms with E-state index in [2.05, 4.69) is 21.7 Å². The van der Waals surface area contributed by atoms with Crippen molar-refractivity contribution in [2.75, 3.05) is 17.2 Å². The van der Waals surface area contributed by atoms with Gasteiger partial charge in [-0.25, -0.2) is 4.39 Å². The second kappa shape index (κ2) is 8.45. The van der Waals surface area contributed by atoms with Crippen molar-refractivity contribution in [3.05, 3.63) is 89.0 Å². The van der Waals surface area contributed by atoms with Gasteiger partial charge in [-0.05, 0) is 73.4 Å². The molecule has 0 aliphatic carbocycles. The Kier molecular flexibility index (Phi) is 5.81. The summed E-state index contributed by atoms with van der Waals surface area (Å²) in [6, 6.07) is 15.9. The number of hydrogen-bond acceptors (Lipinski definition) is 3. The Labute approximate surface area is 158 Å². The van der Waals surface area contributed by atoms with Crippen LogP contribution in [-0.4, -0.2) is 17.4 Å². The normalized spacial score (nSPS) is 10.5. The summed E-state index contributed by atoms with van der Waals surface area (Å²) in [6.45, 7) is 4.66. The molecule has 3 rings (SSSR count). The maximum Gasteiger partial charge on any atom is 0.274 e. The monoisotopic (exact) mass is 363 g/mol. The van der Waals surface area contributed by atoms with Crippen LogP contribution in [-0.2, 0) is 6.42 Å². The average molecular weight is 363 g/mol. The van der Waals surface area contributed by atoms with E-state index in [9.17, 15) is 9.18 Å². The van der Waals surface area contributed by atoms with E-state index in [-0.39, 0.29) is 11.7 Å². The van der Waals surface area contributed by atoms with E-state index in [4.69, 9.17) is 0 Å². The summed E-state index contributed by atoms with van der Waals surface area (Å²) in [5.74, 6) is -0.484. The number of aryl methyl sites for hydroxylation is 2. The SMILES string of the molecule is Cc1cc(C)cc(NC(=O)c2cc(NCCc3ccc(F)cc3)ccn2)c1. The lowest BCUT2D eigenvalue weighted by Crippen LogP contribution is -2.14. The van der Waals surface area contributed by atoms with E-state index >= 15 is 0 Å². The van der Waals surface area contributed by atoms with Gasteiger partial charge in [0.15, 0.2) is 0 Å². The number of aromatic nitrogens is 1. The van der Waals surface area contributed by atoms with E-state index in [1.54, 1.807) is 24.4 Å². The molecule has 0 aliphatic heterocycles. The Balaban J connectivity index is 1.60. The molecule has 0 spiro atoms. The van der Waals surface area contributed by atoms with Crippen LogP contribution in [0.25, 0.3) is 0 Å². The molecule has 0 saturated carbocycles. The molecular formula is C22H22FN3O. The molecule has 3 aromatic rings. The lowest BCUT2D eigenvalue weighted by Gasteiger charge is -2.10. The summed E-state index contributed by atoms with van der Waals surface area (Å²) in [5, 5.41) is 6.16. The summed E-state index contributed by atoms with van der Waals surface area (Å²) < 4.78 is 12.9. The predicted octanol–water partition coefficient (Wildman–Crippen LogP) is 4.74. The van der Waals surface area contributed by atoms with Crippen LogP contribution < -0.4 is 10.6 Å². The van der Waals surface area contributed by atoms with Crippen LogP contribution in [0.4, 0.5) is 15.8 Å². The highest BCUT2D eigenvalue weighted by Gasteiger charge is 2.09. The van der Waals surface area contributed by atoms with Crippen molar-refractivity contribution in [2.45, 2.75) is 20.3 Å². The van der Waals surface area contributed by atoms with E-state index < -0.39 is 0 Å². The van der Waals surface area contributed by atoms with Crippen molar-refractivity contribution < 1.29 is 9.18 Å². The molecule has 0 bridgehead atoms. The number of amides is 1. The number of hydrogen-bond donors (Lipinski definition) is 2. The Morgan fingerprint density at radius 2 is 1.67 bits per heavy atom. The van der Waals surface area contributed by atoms with Gasteiger partial charge in [0.1, 0.15) is 11.5 Å². The molecule has 0 atom stereocenters. The zero-order valence-corrected chi connectivity index (χ0v) is 15.4. The molecule has 0 radical (unpaired) electrons. The molecule has 138 valence electrons. The lowest BCUT2D eigenvalue weighted by molar-refractivity contribution is 0.102. The fraction of sp³-hybridized carbons (Fsp3) is 0.182. The Bertz CT molecular complexity index is 918. The first-order valence-corrected chi connectivity index (χ1v) is 8.83. The van der Waals surface area contributed by atoms with E-state index in [0.717, 1.165) is 34.5 Å². The fourth-order valence-electron chi connectivity index (χ4n) is 2.91. The number of halogens is 1. The largest absolute Gasteiger partial charge is 0.385 e. The van der Waals surface area contributed by atoms with Gasteiger partial charge in [-0.15, -0.1) is 0 Å². The van der Waals surface area contributed by atoms with Crippen LogP contribution >= 0.6 is 0 Å². The first-order chi connectivity index (χ1) is 13.0. The van der Waals surface area contributed by atoms with E-state index in [1.807, 2.05) is 32.0 Å². The predicted molar refractivity (Wildman–Crippen MR) is 107 cm³/mol. The third-order valence-corrected chi connectivity index (χ3v) is 4.13. The minimum absolute atomic E-state index is 0.236. The van der Waals surface area contributed by atoms with Crippen LogP contribution in [0.2, 0.25) is 0 Å². The van der Waals surface area contributed by atoms with Gasteiger partial charge in [-0.2, -0.15) is 0 Å². The zero-order valence-electron chi connectivity index (χ0n) is 15.4. The van der Waals surface area contributed by atoms with Gasteiger partial charge in [0, 0.05) is 24.1 Å². The smallest absolute Gasteiger partial charge is 0.274 e. The van der Waals surface area contributed by atoms with E-state index in [0.29, 0.717) is 12.2 Å². The fourth-order valence-corrected chi connectivity index (χ4v) is 2.91. The zero-order chi connectivity index (χ0) is 19.2. The summed E-state index contributed by atoms with van der Waals surface area (Å²) >= 11 is 0. The van der Waals surface area contributed by atoms with E-state index in [1.165, 1.54) is 12.1 Å². The van der Waals surface area contributed by atoms with Crippen molar-refractivity contribution >= 4 is 17.3 Å². The number of pyridine rings is 1. The topological polar surface area (TPSA) is 54.0 Å². The molecule has 0 unspecified atom stereocenters. The third kappa shape index (κ3) is 5.38. The highest BCUT2D eigenvalue weighted by atomic mass is 19.1. The minimum atomic E-state index is -0.248. The summed E-state index contributed by atoms with van der Waals surface area (Å²) in [5.41, 5.74) is 5.15. The maximum atomic E-state index is 12.9. The Morgan fingerprint density at radius 3 is 2.37 bits per heavy atom. The number of rotatable bonds is 6. The number of nitrogens with one attached hydrogen (secondary N) is 2. The summed E-state index contributed by atoms with van der Waals surface area (Å²) in [7, 11) is 0. The molecule has 0 aliphatic rings. The van der Waals surface area contributed by atoms with Crippen LogP contribution in [0.5, 0.6) is 0 Å². The average Bonchev–Trinajstić information content (AvgIpc) is 2.63. The molecule has 27 heavy (non-hydrogen) atoms. The van der Waals surface area contributed by atoms with Crippen molar-refractivity contribution in [2.24, 2.45) is 0 Å². The molecule has 2 N–H and O–H groups in total. The number of benzene rings is 2. The van der Waals surface area contributed by atoms with Gasteiger partial charge >= 0.3 is 0 Å². The molecule has 4 nitrogen and oxygen atoms in total. The Hall–Kier alpha value is -3.21. The van der Waals surface area contributed by atoms with Crippen LogP contribution in [0.3, 0.4) is 0 Å². The highest BCUT2D eigenvalue weighted by Crippen LogP contribution is 2.16. The molecule has 2 aromatic carbocycles. The summed E-state index contributed by atoms with van der Waals surface area (Å²) in [4.78, 5) is 16.6. The number of carbonyl (C=O) groups is 1. The molecule has 5 heteroatoms. The lowest BCUT2D eigenvalue weighted by atomic mass is 10.1. The maximum absolute atomic E-state index is 12.9. The standard InChI is InChI=1S/C22H22FN3O/c1-15-11-16(2)13-20(12-15)26-22(27)21-14-19(8-10-25-21)24-9-7-17-3-5-18(23)6-4-17/h3-6,8,10-14H,7,9H2,1-2H3,(H,24,25)(H,26,27). The first kappa shape index (κ1) is 18.6. The number of anilines is 2. The van der Waals surface area contributed by atoms with Gasteiger partial charge in [0.25, 0.3) is 5.91 Å². The summed E-state index contributed by atoms with van der Waals surface area (Å²) in [6.07, 6.45) is 2.36. The van der Waals surface area contributed by atoms with Crippen LogP contribution in [0, 0.1) is 19.7 Å². The van der Waals surface area contributed by atoms with Gasteiger partial charge < -0.3 is 10.6 Å². The molecule has 1 heterocycles. The van der Waals surface area contributed by atoms with Gasteiger partial charge in [-0.3, -0.25) is 9.78 Å². The molecular weight excluding hydrogens is 341 g/mol. The van der Waals surface area contributed by atoms with Crippen LogP contribution in [0.15, 0.2) is 60.8 Å². The molecule has 0 saturated heterocycles. The van der Waals surface area contributed by atoms with Gasteiger partial charge in [0.2, 0.25) is 0 Å². The third-order valence-electron chi connectivity index (χ3n) is 4.13. The number of nitrogens with zero attached hydrogens (tertiary/aromatic N) is 1. The molecule has 0 fully saturated rings.